The number of benzene rings is 1. The fourth-order valence-electron chi connectivity index (χ4n) is 2.35. The molecule has 1 atom stereocenters. The molecule has 1 unspecified atom stereocenters. The summed E-state index contributed by atoms with van der Waals surface area (Å²) < 4.78 is 15.9. The lowest BCUT2D eigenvalue weighted by Crippen LogP contribution is -2.25. The topological polar surface area (TPSA) is 47.9 Å². The van der Waals surface area contributed by atoms with Crippen molar-refractivity contribution in [1.29, 1.82) is 0 Å². The average molecular weight is 252 g/mol. The first-order valence-electron chi connectivity index (χ1n) is 6.22. The number of methoxy groups -OCH3 is 2. The summed E-state index contributed by atoms with van der Waals surface area (Å²) in [6.07, 6.45) is 2.19. The Labute approximate surface area is 107 Å². The SMILES string of the molecule is COc1ccc(C2(O)CCCOCC2)cc1OC. The normalized spacial score (nSPS) is 24.4. The Morgan fingerprint density at radius 3 is 2.61 bits per heavy atom. The number of rotatable bonds is 3. The molecular formula is C14H20O4. The van der Waals surface area contributed by atoms with Gasteiger partial charge in [0.25, 0.3) is 0 Å². The molecule has 2 rings (SSSR count). The first kappa shape index (κ1) is 13.2. The molecule has 0 aromatic heterocycles. The van der Waals surface area contributed by atoms with Crippen LogP contribution in [0.2, 0.25) is 0 Å². The molecule has 1 aromatic carbocycles. The minimum atomic E-state index is -0.823. The smallest absolute Gasteiger partial charge is 0.161 e. The summed E-state index contributed by atoms with van der Waals surface area (Å²) in [5.74, 6) is 1.32. The summed E-state index contributed by atoms with van der Waals surface area (Å²) >= 11 is 0. The van der Waals surface area contributed by atoms with Gasteiger partial charge in [0.15, 0.2) is 11.5 Å². The summed E-state index contributed by atoms with van der Waals surface area (Å²) in [5, 5.41) is 10.7. The zero-order valence-corrected chi connectivity index (χ0v) is 10.9. The van der Waals surface area contributed by atoms with Gasteiger partial charge < -0.3 is 19.3 Å². The van der Waals surface area contributed by atoms with Crippen molar-refractivity contribution in [3.05, 3.63) is 23.8 Å². The molecule has 1 N–H and O–H groups in total. The monoisotopic (exact) mass is 252 g/mol. The lowest BCUT2D eigenvalue weighted by molar-refractivity contribution is 0.0142. The quantitative estimate of drug-likeness (QED) is 0.895. The molecule has 0 bridgehead atoms. The van der Waals surface area contributed by atoms with Crippen molar-refractivity contribution in [3.63, 3.8) is 0 Å². The Hall–Kier alpha value is -1.26. The van der Waals surface area contributed by atoms with Crippen LogP contribution in [0.1, 0.15) is 24.8 Å². The van der Waals surface area contributed by atoms with Crippen molar-refractivity contribution in [2.75, 3.05) is 27.4 Å². The minimum absolute atomic E-state index is 0.588. The molecule has 18 heavy (non-hydrogen) atoms. The third kappa shape index (κ3) is 2.60. The maximum atomic E-state index is 10.7. The highest BCUT2D eigenvalue weighted by Crippen LogP contribution is 2.37. The van der Waals surface area contributed by atoms with E-state index in [4.69, 9.17) is 14.2 Å². The fourth-order valence-corrected chi connectivity index (χ4v) is 2.35. The van der Waals surface area contributed by atoms with Crippen molar-refractivity contribution in [3.8, 4) is 11.5 Å². The van der Waals surface area contributed by atoms with E-state index in [2.05, 4.69) is 0 Å². The summed E-state index contributed by atoms with van der Waals surface area (Å²) in [5.41, 5.74) is 0.0430. The van der Waals surface area contributed by atoms with Crippen molar-refractivity contribution in [2.45, 2.75) is 24.9 Å². The standard InChI is InChI=1S/C14H20O4/c1-16-12-5-4-11(10-13(12)17-2)14(15)6-3-8-18-9-7-14/h4-5,10,15H,3,6-9H2,1-2H3. The van der Waals surface area contributed by atoms with Gasteiger partial charge in [0.1, 0.15) is 0 Å². The van der Waals surface area contributed by atoms with Crippen LogP contribution in [0.5, 0.6) is 11.5 Å². The van der Waals surface area contributed by atoms with Crippen LogP contribution in [0.25, 0.3) is 0 Å². The number of hydrogen-bond donors (Lipinski definition) is 1. The number of ether oxygens (including phenoxy) is 3. The molecule has 1 heterocycles. The van der Waals surface area contributed by atoms with Gasteiger partial charge in [-0.25, -0.2) is 0 Å². The van der Waals surface area contributed by atoms with Gasteiger partial charge in [-0.2, -0.15) is 0 Å². The van der Waals surface area contributed by atoms with Crippen LogP contribution in [0.15, 0.2) is 18.2 Å². The van der Waals surface area contributed by atoms with Gasteiger partial charge in [-0.3, -0.25) is 0 Å². The van der Waals surface area contributed by atoms with E-state index in [1.165, 1.54) is 0 Å². The second kappa shape index (κ2) is 5.59. The second-order valence-electron chi connectivity index (χ2n) is 4.57. The Morgan fingerprint density at radius 1 is 1.11 bits per heavy atom. The van der Waals surface area contributed by atoms with Crippen LogP contribution >= 0.6 is 0 Å². The molecule has 0 radical (unpaired) electrons. The Morgan fingerprint density at radius 2 is 1.89 bits per heavy atom. The van der Waals surface area contributed by atoms with Gasteiger partial charge in [0, 0.05) is 19.6 Å². The Bertz CT molecular complexity index is 395. The van der Waals surface area contributed by atoms with Crippen LogP contribution in [0.4, 0.5) is 0 Å². The van der Waals surface area contributed by atoms with Crippen molar-refractivity contribution in [2.24, 2.45) is 0 Å². The molecule has 0 spiro atoms. The van der Waals surface area contributed by atoms with Crippen molar-refractivity contribution in [1.82, 2.24) is 0 Å². The molecule has 0 aliphatic carbocycles. The molecular weight excluding hydrogens is 232 g/mol. The van der Waals surface area contributed by atoms with Gasteiger partial charge in [0.2, 0.25) is 0 Å². The molecule has 1 aromatic rings. The van der Waals surface area contributed by atoms with Gasteiger partial charge >= 0.3 is 0 Å². The zero-order valence-electron chi connectivity index (χ0n) is 10.9. The highest BCUT2D eigenvalue weighted by molar-refractivity contribution is 5.44. The van der Waals surface area contributed by atoms with Crippen LogP contribution in [0.3, 0.4) is 0 Å². The summed E-state index contributed by atoms with van der Waals surface area (Å²) in [4.78, 5) is 0. The van der Waals surface area contributed by atoms with Crippen LogP contribution < -0.4 is 9.47 Å². The lowest BCUT2D eigenvalue weighted by atomic mass is 9.87. The molecule has 1 saturated heterocycles. The summed E-state index contributed by atoms with van der Waals surface area (Å²) in [6, 6.07) is 5.58. The molecule has 4 heteroatoms. The van der Waals surface area contributed by atoms with Gasteiger partial charge in [0.05, 0.1) is 19.8 Å². The van der Waals surface area contributed by atoms with E-state index in [0.29, 0.717) is 30.9 Å². The third-order valence-electron chi connectivity index (χ3n) is 3.46. The first-order chi connectivity index (χ1) is 8.69. The zero-order chi connectivity index (χ0) is 13.0. The maximum Gasteiger partial charge on any atom is 0.161 e. The Kier molecular flexibility index (Phi) is 4.09. The van der Waals surface area contributed by atoms with Crippen molar-refractivity contribution >= 4 is 0 Å². The molecule has 1 aliphatic rings. The van der Waals surface area contributed by atoms with Crippen LogP contribution in [-0.4, -0.2) is 32.5 Å². The first-order valence-corrected chi connectivity index (χ1v) is 6.22. The van der Waals surface area contributed by atoms with E-state index in [1.54, 1.807) is 14.2 Å². The summed E-state index contributed by atoms with van der Waals surface area (Å²) in [7, 11) is 3.20. The number of hydrogen-bond acceptors (Lipinski definition) is 4. The third-order valence-corrected chi connectivity index (χ3v) is 3.46. The van der Waals surface area contributed by atoms with E-state index in [-0.39, 0.29) is 0 Å². The molecule has 0 amide bonds. The van der Waals surface area contributed by atoms with E-state index in [0.717, 1.165) is 18.6 Å². The predicted molar refractivity (Wildman–Crippen MR) is 68.1 cm³/mol. The highest BCUT2D eigenvalue weighted by atomic mass is 16.5. The molecule has 100 valence electrons. The second-order valence-corrected chi connectivity index (χ2v) is 4.57. The summed E-state index contributed by atoms with van der Waals surface area (Å²) in [6.45, 7) is 1.31. The molecule has 4 nitrogen and oxygen atoms in total. The van der Waals surface area contributed by atoms with Gasteiger partial charge in [-0.05, 0) is 30.5 Å². The van der Waals surface area contributed by atoms with Gasteiger partial charge in [-0.1, -0.05) is 6.07 Å². The van der Waals surface area contributed by atoms with Crippen molar-refractivity contribution < 1.29 is 19.3 Å². The fraction of sp³-hybridized carbons (Fsp3) is 0.571. The highest BCUT2D eigenvalue weighted by Gasteiger charge is 2.31. The van der Waals surface area contributed by atoms with Crippen LogP contribution in [0, 0.1) is 0 Å². The molecule has 0 saturated carbocycles. The van der Waals surface area contributed by atoms with Crippen LogP contribution in [-0.2, 0) is 10.3 Å². The maximum absolute atomic E-state index is 10.7. The molecule has 1 aliphatic heterocycles. The van der Waals surface area contributed by atoms with E-state index in [1.807, 2.05) is 18.2 Å². The van der Waals surface area contributed by atoms with E-state index in [9.17, 15) is 5.11 Å². The predicted octanol–water partition coefficient (Wildman–Crippen LogP) is 2.09. The molecule has 1 fully saturated rings. The van der Waals surface area contributed by atoms with E-state index < -0.39 is 5.60 Å². The Balaban J connectivity index is 2.31. The lowest BCUT2D eigenvalue weighted by Gasteiger charge is -2.27. The average Bonchev–Trinajstić information content (AvgIpc) is 2.63. The minimum Gasteiger partial charge on any atom is -0.493 e. The van der Waals surface area contributed by atoms with Gasteiger partial charge in [-0.15, -0.1) is 0 Å². The number of aliphatic hydroxyl groups is 1. The van der Waals surface area contributed by atoms with E-state index >= 15 is 0 Å². The largest absolute Gasteiger partial charge is 0.493 e.